The molecule has 5 rings (SSSR count). The van der Waals surface area contributed by atoms with Gasteiger partial charge in [0.05, 0.1) is 17.1 Å². The summed E-state index contributed by atoms with van der Waals surface area (Å²) in [7, 11) is -3.42. The van der Waals surface area contributed by atoms with E-state index in [1.165, 1.54) is 10.6 Å². The lowest BCUT2D eigenvalue weighted by Gasteiger charge is -2.39. The predicted octanol–water partition coefficient (Wildman–Crippen LogP) is 4.74. The number of nitrogens with zero attached hydrogens (tertiary/aromatic N) is 1. The maximum atomic E-state index is 14.1. The number of ketones is 1. The smallest absolute Gasteiger partial charge is 0.235 e. The van der Waals surface area contributed by atoms with E-state index in [4.69, 9.17) is 0 Å². The third kappa shape index (κ3) is 2.59. The van der Waals surface area contributed by atoms with Crippen LogP contribution in [0.2, 0.25) is 0 Å². The van der Waals surface area contributed by atoms with Crippen molar-refractivity contribution in [1.29, 1.82) is 0 Å². The number of hydrogen-bond donors (Lipinski definition) is 0. The van der Waals surface area contributed by atoms with E-state index < -0.39 is 20.9 Å². The van der Waals surface area contributed by atoms with Crippen molar-refractivity contribution in [2.75, 3.05) is 6.26 Å². The molecule has 2 aromatic carbocycles. The first-order chi connectivity index (χ1) is 14.7. The largest absolute Gasteiger partial charge is 0.298 e. The molecule has 0 radical (unpaired) electrons. The highest BCUT2D eigenvalue weighted by molar-refractivity contribution is 7.88. The number of allylic oxidation sites excluding steroid dienone is 4. The van der Waals surface area contributed by atoms with Gasteiger partial charge in [-0.05, 0) is 36.1 Å². The average Bonchev–Trinajstić information content (AvgIpc) is 2.95. The van der Waals surface area contributed by atoms with Crippen molar-refractivity contribution in [2.24, 2.45) is 22.7 Å². The van der Waals surface area contributed by atoms with E-state index in [2.05, 4.69) is 24.3 Å². The van der Waals surface area contributed by atoms with Crippen molar-refractivity contribution >= 4 is 27.0 Å². The van der Waals surface area contributed by atoms with Crippen LogP contribution in [0, 0.1) is 22.7 Å². The molecule has 3 aliphatic rings. The highest BCUT2D eigenvalue weighted by Gasteiger charge is 2.70. The molecule has 0 saturated heterocycles. The third-order valence-corrected chi connectivity index (χ3v) is 8.35. The van der Waals surface area contributed by atoms with Gasteiger partial charge >= 0.3 is 0 Å². The summed E-state index contributed by atoms with van der Waals surface area (Å²) in [5.41, 5.74) is 2.69. The Balaban J connectivity index is 1.81. The van der Waals surface area contributed by atoms with Gasteiger partial charge in [-0.15, -0.1) is 0 Å². The van der Waals surface area contributed by atoms with Crippen LogP contribution in [0.1, 0.15) is 25.0 Å². The molecule has 2 aromatic rings. The highest BCUT2D eigenvalue weighted by atomic mass is 32.2. The average molecular weight is 432 g/mol. The highest BCUT2D eigenvalue weighted by Crippen LogP contribution is 2.72. The molecule has 1 heterocycles. The summed E-state index contributed by atoms with van der Waals surface area (Å²) in [6, 6.07) is 20.2. The summed E-state index contributed by atoms with van der Waals surface area (Å²) in [5, 5.41) is 0. The molecule has 158 valence electrons. The van der Waals surface area contributed by atoms with Crippen LogP contribution in [0.4, 0.5) is 0 Å². The summed E-state index contributed by atoms with van der Waals surface area (Å²) < 4.78 is 25.6. The van der Waals surface area contributed by atoms with Gasteiger partial charge in [0, 0.05) is 24.2 Å². The van der Waals surface area contributed by atoms with E-state index in [-0.39, 0.29) is 17.6 Å². The standard InChI is InChI=1S/C26H25NO3S/c1-25-20-14-16-27(31(3,29)30)17-15-21(20)26(2,24(25)28)23(19-12-8-5-9-13-19)22(25)18-10-6-4-7-11-18/h4-17,20-21H,1-3H3/t20-,21+,25-,26+. The molecule has 0 aromatic heterocycles. The lowest BCUT2D eigenvalue weighted by molar-refractivity contribution is -0.127. The number of rotatable bonds is 3. The van der Waals surface area contributed by atoms with Crippen LogP contribution in [0.3, 0.4) is 0 Å². The SMILES string of the molecule is C[C@]12C(=O)[C@](C)(C(c3ccccc3)=C1c1ccccc1)[C@H]1C=CN(S(C)(=O)=O)C=C[C@H]12. The van der Waals surface area contributed by atoms with Gasteiger partial charge in [0.15, 0.2) is 5.78 Å². The van der Waals surface area contributed by atoms with E-state index in [1.807, 2.05) is 62.4 Å². The van der Waals surface area contributed by atoms with Gasteiger partial charge in [-0.25, -0.2) is 8.42 Å². The zero-order valence-corrected chi connectivity index (χ0v) is 18.6. The Kier molecular flexibility index (Phi) is 4.22. The van der Waals surface area contributed by atoms with Crippen molar-refractivity contribution in [2.45, 2.75) is 13.8 Å². The van der Waals surface area contributed by atoms with Crippen molar-refractivity contribution in [3.8, 4) is 0 Å². The van der Waals surface area contributed by atoms with Crippen LogP contribution in [-0.4, -0.2) is 24.8 Å². The summed E-state index contributed by atoms with van der Waals surface area (Å²) in [6.07, 6.45) is 8.22. The molecule has 4 atom stereocenters. The maximum Gasteiger partial charge on any atom is 0.235 e. The summed E-state index contributed by atoms with van der Waals surface area (Å²) in [4.78, 5) is 14.1. The molecule has 0 spiro atoms. The van der Waals surface area contributed by atoms with Crippen LogP contribution in [0.25, 0.3) is 11.1 Å². The maximum absolute atomic E-state index is 14.1. The number of hydrogen-bond acceptors (Lipinski definition) is 3. The Morgan fingerprint density at radius 3 is 1.48 bits per heavy atom. The molecular formula is C26H25NO3S. The van der Waals surface area contributed by atoms with Crippen molar-refractivity contribution in [3.05, 3.63) is 96.3 Å². The van der Waals surface area contributed by atoms with Gasteiger partial charge < -0.3 is 0 Å². The quantitative estimate of drug-likeness (QED) is 0.705. The fourth-order valence-corrected chi connectivity index (χ4v) is 6.57. The fourth-order valence-electron chi connectivity index (χ4n) is 5.99. The van der Waals surface area contributed by atoms with E-state index in [9.17, 15) is 13.2 Å². The number of benzene rings is 2. The summed E-state index contributed by atoms with van der Waals surface area (Å²) in [6.45, 7) is 4.07. The second-order valence-corrected chi connectivity index (χ2v) is 10.9. The summed E-state index contributed by atoms with van der Waals surface area (Å²) in [5.74, 6) is -0.0545. The Labute approximate surface area is 183 Å². The minimum absolute atomic E-state index is 0.129. The first kappa shape index (κ1) is 20.0. The van der Waals surface area contributed by atoms with Crippen molar-refractivity contribution < 1.29 is 13.2 Å². The van der Waals surface area contributed by atoms with Crippen LogP contribution in [0.5, 0.6) is 0 Å². The Morgan fingerprint density at radius 1 is 0.742 bits per heavy atom. The van der Waals surface area contributed by atoms with Gasteiger partial charge in [0.2, 0.25) is 10.0 Å². The van der Waals surface area contributed by atoms with E-state index in [0.717, 1.165) is 22.3 Å². The van der Waals surface area contributed by atoms with Gasteiger partial charge in [-0.1, -0.05) is 72.8 Å². The lowest BCUT2D eigenvalue weighted by atomic mass is 9.62. The van der Waals surface area contributed by atoms with Gasteiger partial charge in [-0.3, -0.25) is 9.10 Å². The number of carbonyl (C=O) groups excluding carboxylic acids is 1. The number of carbonyl (C=O) groups is 1. The molecule has 2 aliphatic carbocycles. The number of Topliss-reactive ketones (excluding diaryl/α,β-unsaturated/α-hetero) is 1. The minimum atomic E-state index is -3.42. The van der Waals surface area contributed by atoms with E-state index >= 15 is 0 Å². The Morgan fingerprint density at radius 2 is 1.13 bits per heavy atom. The van der Waals surface area contributed by atoms with Gasteiger partial charge in [0.25, 0.3) is 0 Å². The molecule has 0 N–H and O–H groups in total. The molecule has 0 unspecified atom stereocenters. The molecule has 5 heteroatoms. The Hall–Kier alpha value is -2.92. The number of fused-ring (bicyclic) bond motifs is 5. The number of sulfonamides is 1. The molecule has 1 saturated carbocycles. The van der Waals surface area contributed by atoms with E-state index in [0.29, 0.717) is 0 Å². The minimum Gasteiger partial charge on any atom is -0.298 e. The lowest BCUT2D eigenvalue weighted by Crippen LogP contribution is -2.31. The molecule has 1 aliphatic heterocycles. The van der Waals surface area contributed by atoms with Gasteiger partial charge in [-0.2, -0.15) is 0 Å². The van der Waals surface area contributed by atoms with E-state index in [1.54, 1.807) is 12.4 Å². The fraction of sp³-hybridized carbons (Fsp3) is 0.269. The van der Waals surface area contributed by atoms with Crippen LogP contribution in [0.15, 0.2) is 85.2 Å². The summed E-state index contributed by atoms with van der Waals surface area (Å²) >= 11 is 0. The zero-order valence-electron chi connectivity index (χ0n) is 17.8. The topological polar surface area (TPSA) is 54.5 Å². The predicted molar refractivity (Wildman–Crippen MR) is 123 cm³/mol. The molecule has 2 bridgehead atoms. The molecule has 31 heavy (non-hydrogen) atoms. The van der Waals surface area contributed by atoms with Crippen molar-refractivity contribution in [3.63, 3.8) is 0 Å². The Bertz CT molecular complexity index is 1180. The van der Waals surface area contributed by atoms with Crippen LogP contribution >= 0.6 is 0 Å². The molecule has 1 fully saturated rings. The van der Waals surface area contributed by atoms with Crippen molar-refractivity contribution in [1.82, 2.24) is 4.31 Å². The second kappa shape index (κ2) is 6.54. The second-order valence-electron chi connectivity index (χ2n) is 9.04. The van der Waals surface area contributed by atoms with Crippen LogP contribution in [-0.2, 0) is 14.8 Å². The molecular weight excluding hydrogens is 406 g/mol. The molecule has 4 nitrogen and oxygen atoms in total. The van der Waals surface area contributed by atoms with Gasteiger partial charge in [0.1, 0.15) is 0 Å². The monoisotopic (exact) mass is 431 g/mol. The third-order valence-electron chi connectivity index (χ3n) is 7.34. The first-order valence-electron chi connectivity index (χ1n) is 10.5. The van der Waals surface area contributed by atoms with Crippen LogP contribution < -0.4 is 0 Å². The molecule has 0 amide bonds. The first-order valence-corrected chi connectivity index (χ1v) is 12.3. The normalized spacial score (nSPS) is 31.8. The zero-order chi connectivity index (χ0) is 22.0.